The Bertz CT molecular complexity index is 530. The molecule has 16 heavy (non-hydrogen) atoms. The highest BCUT2D eigenvalue weighted by Gasteiger charge is 2.26. The number of nitro groups is 1. The highest BCUT2D eigenvalue weighted by molar-refractivity contribution is 8.13. The minimum atomic E-state index is -4.07. The molecule has 0 fully saturated rings. The van der Waals surface area contributed by atoms with Crippen LogP contribution in [0.5, 0.6) is 0 Å². The minimum Gasteiger partial charge on any atom is -0.423 e. The molecule has 0 radical (unpaired) electrons. The molecular weight excluding hydrogens is 260 g/mol. The standard InChI is InChI=1S/C6H5BClNO6S/c8-16(14,15)4-1-2-6(9(12)13)5(3-4)7(10)11/h1-3,10-11H. The quantitative estimate of drug-likeness (QED) is 0.320. The molecule has 0 atom stereocenters. The summed E-state index contributed by atoms with van der Waals surface area (Å²) in [6.07, 6.45) is 0. The number of hydrogen-bond donors (Lipinski definition) is 2. The van der Waals surface area contributed by atoms with E-state index in [1.807, 2.05) is 0 Å². The van der Waals surface area contributed by atoms with Crippen molar-refractivity contribution < 1.29 is 23.4 Å². The van der Waals surface area contributed by atoms with Gasteiger partial charge in [-0.15, -0.1) is 0 Å². The number of rotatable bonds is 3. The Morgan fingerprint density at radius 3 is 2.31 bits per heavy atom. The Balaban J connectivity index is 3.46. The summed E-state index contributed by atoms with van der Waals surface area (Å²) >= 11 is 0. The van der Waals surface area contributed by atoms with E-state index in [0.29, 0.717) is 0 Å². The third-order valence-corrected chi connectivity index (χ3v) is 3.11. The van der Waals surface area contributed by atoms with E-state index in [9.17, 15) is 18.5 Å². The Morgan fingerprint density at radius 2 is 1.94 bits per heavy atom. The summed E-state index contributed by atoms with van der Waals surface area (Å²) in [5, 5.41) is 28.2. The lowest BCUT2D eigenvalue weighted by atomic mass is 9.79. The number of hydrogen-bond acceptors (Lipinski definition) is 6. The molecule has 1 aromatic rings. The maximum atomic E-state index is 10.9. The van der Waals surface area contributed by atoms with E-state index in [2.05, 4.69) is 0 Å². The lowest BCUT2D eigenvalue weighted by Gasteiger charge is -2.03. The van der Waals surface area contributed by atoms with Gasteiger partial charge >= 0.3 is 7.12 Å². The van der Waals surface area contributed by atoms with Gasteiger partial charge in [0.25, 0.3) is 14.7 Å². The predicted octanol–water partition coefficient (Wildman–Crippen LogP) is -0.798. The summed E-state index contributed by atoms with van der Waals surface area (Å²) in [5.74, 6) is 0. The Hall–Kier alpha value is -1.16. The summed E-state index contributed by atoms with van der Waals surface area (Å²) < 4.78 is 21.8. The van der Waals surface area contributed by atoms with Crippen molar-refractivity contribution in [2.75, 3.05) is 0 Å². The van der Waals surface area contributed by atoms with Crippen LogP contribution < -0.4 is 5.46 Å². The number of nitro benzene ring substituents is 1. The van der Waals surface area contributed by atoms with Gasteiger partial charge in [-0.05, 0) is 12.1 Å². The van der Waals surface area contributed by atoms with Crippen molar-refractivity contribution in [3.8, 4) is 0 Å². The molecule has 0 spiro atoms. The molecule has 0 saturated carbocycles. The minimum absolute atomic E-state index is 0.442. The smallest absolute Gasteiger partial charge is 0.423 e. The Morgan fingerprint density at radius 1 is 1.38 bits per heavy atom. The molecule has 0 aromatic heterocycles. The highest BCUT2D eigenvalue weighted by atomic mass is 35.7. The molecule has 0 bridgehead atoms. The Labute approximate surface area is 95.0 Å². The van der Waals surface area contributed by atoms with Gasteiger partial charge in [0.15, 0.2) is 0 Å². The van der Waals surface area contributed by atoms with E-state index >= 15 is 0 Å². The zero-order valence-electron chi connectivity index (χ0n) is 7.57. The third kappa shape index (κ3) is 2.70. The molecule has 1 rings (SSSR count). The summed E-state index contributed by atoms with van der Waals surface area (Å²) in [5.41, 5.74) is -1.13. The molecule has 1 aromatic carbocycles. The molecule has 0 saturated heterocycles. The van der Waals surface area contributed by atoms with Crippen LogP contribution in [0.4, 0.5) is 5.69 Å². The third-order valence-electron chi connectivity index (χ3n) is 1.76. The van der Waals surface area contributed by atoms with Gasteiger partial charge in [0.1, 0.15) is 0 Å². The second-order valence-electron chi connectivity index (χ2n) is 2.79. The molecule has 10 heteroatoms. The zero-order valence-corrected chi connectivity index (χ0v) is 9.14. The lowest BCUT2D eigenvalue weighted by molar-refractivity contribution is -0.383. The van der Waals surface area contributed by atoms with Gasteiger partial charge in [0, 0.05) is 16.7 Å². The van der Waals surface area contributed by atoms with Crippen LogP contribution in [-0.4, -0.2) is 30.5 Å². The molecule has 0 unspecified atom stereocenters. The molecule has 0 aliphatic rings. The number of nitrogens with zero attached hydrogens (tertiary/aromatic N) is 1. The van der Waals surface area contributed by atoms with Gasteiger partial charge in [-0.25, -0.2) is 8.42 Å². The summed E-state index contributed by atoms with van der Waals surface area (Å²) in [7, 11) is -1.22. The first-order valence-electron chi connectivity index (χ1n) is 3.82. The molecular formula is C6H5BClNO6S. The first-order valence-corrected chi connectivity index (χ1v) is 6.13. The fourth-order valence-electron chi connectivity index (χ4n) is 1.06. The van der Waals surface area contributed by atoms with Crippen molar-refractivity contribution in [1.82, 2.24) is 0 Å². The van der Waals surface area contributed by atoms with Gasteiger partial charge in [-0.1, -0.05) is 0 Å². The molecule has 7 nitrogen and oxygen atoms in total. The van der Waals surface area contributed by atoms with E-state index in [4.69, 9.17) is 20.7 Å². The van der Waals surface area contributed by atoms with Crippen LogP contribution in [-0.2, 0) is 9.05 Å². The van der Waals surface area contributed by atoms with E-state index in [1.54, 1.807) is 0 Å². The van der Waals surface area contributed by atoms with Crippen molar-refractivity contribution in [2.45, 2.75) is 4.90 Å². The largest absolute Gasteiger partial charge is 0.495 e. The first-order chi connectivity index (χ1) is 7.23. The maximum absolute atomic E-state index is 10.9. The van der Waals surface area contributed by atoms with Crippen LogP contribution in [0, 0.1) is 10.1 Å². The van der Waals surface area contributed by atoms with Crippen LogP contribution >= 0.6 is 10.7 Å². The molecule has 0 aliphatic heterocycles. The fourth-order valence-corrected chi connectivity index (χ4v) is 1.84. The SMILES string of the molecule is O=[N+]([O-])c1ccc(S(=O)(=O)Cl)cc1B(O)O. The van der Waals surface area contributed by atoms with Crippen molar-refractivity contribution in [3.05, 3.63) is 28.3 Å². The monoisotopic (exact) mass is 265 g/mol. The average molecular weight is 265 g/mol. The van der Waals surface area contributed by atoms with E-state index in [0.717, 1.165) is 18.2 Å². The number of halogens is 1. The lowest BCUT2D eigenvalue weighted by Crippen LogP contribution is -2.32. The van der Waals surface area contributed by atoms with E-state index < -0.39 is 37.1 Å². The first kappa shape index (κ1) is 12.9. The van der Waals surface area contributed by atoms with E-state index in [-0.39, 0.29) is 0 Å². The molecule has 2 N–H and O–H groups in total. The fraction of sp³-hybridized carbons (Fsp3) is 0. The van der Waals surface area contributed by atoms with Gasteiger partial charge in [-0.2, -0.15) is 0 Å². The average Bonchev–Trinajstić information content (AvgIpc) is 2.15. The highest BCUT2D eigenvalue weighted by Crippen LogP contribution is 2.17. The van der Waals surface area contributed by atoms with Gasteiger partial charge < -0.3 is 10.0 Å². The van der Waals surface area contributed by atoms with Crippen LogP contribution in [0.15, 0.2) is 23.1 Å². The summed E-state index contributed by atoms with van der Waals surface area (Å²) in [6, 6.07) is 2.49. The van der Waals surface area contributed by atoms with Crippen molar-refractivity contribution in [1.29, 1.82) is 0 Å². The van der Waals surface area contributed by atoms with Crippen molar-refractivity contribution >= 4 is 38.0 Å². The normalized spacial score (nSPS) is 11.2. The van der Waals surface area contributed by atoms with Crippen molar-refractivity contribution in [3.63, 3.8) is 0 Å². The second-order valence-corrected chi connectivity index (χ2v) is 5.36. The number of benzene rings is 1. The predicted molar refractivity (Wildman–Crippen MR) is 56.0 cm³/mol. The van der Waals surface area contributed by atoms with Gasteiger partial charge in [0.2, 0.25) is 0 Å². The second kappa shape index (κ2) is 4.38. The van der Waals surface area contributed by atoms with Gasteiger partial charge in [0.05, 0.1) is 15.3 Å². The summed E-state index contributed by atoms with van der Waals surface area (Å²) in [6.45, 7) is 0. The molecule has 0 amide bonds. The van der Waals surface area contributed by atoms with Crippen LogP contribution in [0.25, 0.3) is 0 Å². The molecule has 0 heterocycles. The zero-order chi connectivity index (χ0) is 12.5. The maximum Gasteiger partial charge on any atom is 0.495 e. The van der Waals surface area contributed by atoms with Crippen LogP contribution in [0.3, 0.4) is 0 Å². The van der Waals surface area contributed by atoms with Crippen LogP contribution in [0.1, 0.15) is 0 Å². The molecule has 0 aliphatic carbocycles. The van der Waals surface area contributed by atoms with Crippen molar-refractivity contribution in [2.24, 2.45) is 0 Å². The van der Waals surface area contributed by atoms with E-state index in [1.165, 1.54) is 0 Å². The molecule has 86 valence electrons. The summed E-state index contributed by atoms with van der Waals surface area (Å²) in [4.78, 5) is 9.18. The topological polar surface area (TPSA) is 118 Å². The Kier molecular flexibility index (Phi) is 3.53. The van der Waals surface area contributed by atoms with Crippen LogP contribution in [0.2, 0.25) is 0 Å². The van der Waals surface area contributed by atoms with Gasteiger partial charge in [-0.3, -0.25) is 10.1 Å².